The molecule has 0 spiro atoms. The summed E-state index contributed by atoms with van der Waals surface area (Å²) in [7, 11) is -2.58. The van der Waals surface area contributed by atoms with E-state index in [0.717, 1.165) is 9.87 Å². The Morgan fingerprint density at radius 3 is 2.41 bits per heavy atom. The van der Waals surface area contributed by atoms with E-state index in [-0.39, 0.29) is 16.6 Å². The standard InChI is InChI=1S/C25H26N2O6S/c1-18(19-12-13-23-24(16-19)33-15-14-32-23)26-25(28)17-27(21-10-6-7-11-22(21)31-2)34(29,30)20-8-4-3-5-9-20/h3-13,16,18H,14-15,17H2,1-2H3,(H,26,28)/t18-/m0/s1. The molecule has 1 heterocycles. The maximum atomic E-state index is 13.5. The lowest BCUT2D eigenvalue weighted by atomic mass is 10.1. The monoisotopic (exact) mass is 482 g/mol. The van der Waals surface area contributed by atoms with Crippen molar-refractivity contribution in [1.82, 2.24) is 5.32 Å². The van der Waals surface area contributed by atoms with Crippen molar-refractivity contribution in [2.45, 2.75) is 17.9 Å². The zero-order valence-corrected chi connectivity index (χ0v) is 19.7. The quantitative estimate of drug-likeness (QED) is 0.528. The van der Waals surface area contributed by atoms with Crippen LogP contribution in [0.2, 0.25) is 0 Å². The van der Waals surface area contributed by atoms with Gasteiger partial charge >= 0.3 is 0 Å². The van der Waals surface area contributed by atoms with Gasteiger partial charge in [0.15, 0.2) is 11.5 Å². The van der Waals surface area contributed by atoms with Crippen LogP contribution in [0, 0.1) is 0 Å². The van der Waals surface area contributed by atoms with Crippen molar-refractivity contribution in [3.05, 3.63) is 78.4 Å². The molecule has 0 aromatic heterocycles. The molecule has 178 valence electrons. The average Bonchev–Trinajstić information content (AvgIpc) is 2.87. The van der Waals surface area contributed by atoms with Crippen molar-refractivity contribution in [1.29, 1.82) is 0 Å². The number of sulfonamides is 1. The molecule has 0 radical (unpaired) electrons. The number of hydrogen-bond donors (Lipinski definition) is 1. The SMILES string of the molecule is COc1ccccc1N(CC(=O)N[C@@H](C)c1ccc2c(c1)OCCO2)S(=O)(=O)c1ccccc1. The molecule has 4 rings (SSSR count). The van der Waals surface area contributed by atoms with Crippen molar-refractivity contribution in [2.24, 2.45) is 0 Å². The zero-order valence-electron chi connectivity index (χ0n) is 18.9. The lowest BCUT2D eigenvalue weighted by molar-refractivity contribution is -0.120. The van der Waals surface area contributed by atoms with Gasteiger partial charge in [-0.1, -0.05) is 36.4 Å². The Morgan fingerprint density at radius 1 is 1.00 bits per heavy atom. The molecule has 9 heteroatoms. The van der Waals surface area contributed by atoms with Gasteiger partial charge in [0.1, 0.15) is 25.5 Å². The minimum atomic E-state index is -4.04. The highest BCUT2D eigenvalue weighted by Crippen LogP contribution is 2.34. The van der Waals surface area contributed by atoms with E-state index in [2.05, 4.69) is 5.32 Å². The average molecular weight is 483 g/mol. The second-order valence-electron chi connectivity index (χ2n) is 7.69. The number of methoxy groups -OCH3 is 1. The van der Waals surface area contributed by atoms with Crippen LogP contribution in [0.4, 0.5) is 5.69 Å². The molecule has 0 fully saturated rings. The summed E-state index contributed by atoms with van der Waals surface area (Å²) in [4.78, 5) is 13.1. The number of amides is 1. The topological polar surface area (TPSA) is 94.2 Å². The number of carbonyl (C=O) groups is 1. The van der Waals surface area contributed by atoms with Gasteiger partial charge in [-0.05, 0) is 48.9 Å². The molecule has 1 atom stereocenters. The fraction of sp³-hybridized carbons (Fsp3) is 0.240. The zero-order chi connectivity index (χ0) is 24.1. The minimum absolute atomic E-state index is 0.0774. The van der Waals surface area contributed by atoms with E-state index in [1.54, 1.807) is 48.5 Å². The summed E-state index contributed by atoms with van der Waals surface area (Å²) in [6.07, 6.45) is 0. The molecular weight excluding hydrogens is 456 g/mol. The number of para-hydroxylation sites is 2. The van der Waals surface area contributed by atoms with Crippen LogP contribution in [0.3, 0.4) is 0 Å². The molecule has 8 nitrogen and oxygen atoms in total. The third-order valence-corrected chi connectivity index (χ3v) is 7.19. The highest BCUT2D eigenvalue weighted by molar-refractivity contribution is 7.92. The third-order valence-electron chi connectivity index (χ3n) is 5.42. The van der Waals surface area contributed by atoms with E-state index in [1.807, 2.05) is 19.1 Å². The molecule has 1 aliphatic rings. The normalized spacial score (nSPS) is 13.6. The van der Waals surface area contributed by atoms with Gasteiger partial charge in [0, 0.05) is 0 Å². The number of fused-ring (bicyclic) bond motifs is 1. The van der Waals surface area contributed by atoms with Crippen LogP contribution >= 0.6 is 0 Å². The molecule has 0 bridgehead atoms. The van der Waals surface area contributed by atoms with Gasteiger partial charge in [-0.25, -0.2) is 8.42 Å². The van der Waals surface area contributed by atoms with Gasteiger partial charge in [0.25, 0.3) is 10.0 Å². The van der Waals surface area contributed by atoms with E-state index >= 15 is 0 Å². The first-order chi connectivity index (χ1) is 16.4. The molecule has 0 unspecified atom stereocenters. The Bertz CT molecular complexity index is 1260. The van der Waals surface area contributed by atoms with Gasteiger partial charge in [-0.3, -0.25) is 9.10 Å². The lowest BCUT2D eigenvalue weighted by Crippen LogP contribution is -2.41. The first kappa shape index (κ1) is 23.4. The first-order valence-corrected chi connectivity index (χ1v) is 12.2. The summed E-state index contributed by atoms with van der Waals surface area (Å²) in [5.41, 5.74) is 1.09. The Labute approximate surface area is 199 Å². The molecule has 0 saturated carbocycles. The molecular formula is C25H26N2O6S. The van der Waals surface area contributed by atoms with Crippen LogP contribution in [-0.2, 0) is 14.8 Å². The Kier molecular flexibility index (Phi) is 6.93. The Hall–Kier alpha value is -3.72. The number of rotatable bonds is 8. The van der Waals surface area contributed by atoms with Crippen molar-refractivity contribution in [3.8, 4) is 17.2 Å². The summed E-state index contributed by atoms with van der Waals surface area (Å²) < 4.78 is 44.6. The van der Waals surface area contributed by atoms with Gasteiger partial charge < -0.3 is 19.5 Å². The fourth-order valence-corrected chi connectivity index (χ4v) is 5.14. The molecule has 3 aromatic carbocycles. The molecule has 1 aliphatic heterocycles. The van der Waals surface area contributed by atoms with E-state index in [1.165, 1.54) is 19.2 Å². The van der Waals surface area contributed by atoms with E-state index in [0.29, 0.717) is 30.5 Å². The number of nitrogens with one attached hydrogen (secondary N) is 1. The molecule has 1 N–H and O–H groups in total. The van der Waals surface area contributed by atoms with Crippen LogP contribution in [-0.4, -0.2) is 41.2 Å². The number of ether oxygens (including phenoxy) is 3. The van der Waals surface area contributed by atoms with Crippen LogP contribution < -0.4 is 23.8 Å². The second kappa shape index (κ2) is 10.0. The summed E-state index contributed by atoms with van der Waals surface area (Å²) in [6.45, 7) is 2.35. The molecule has 1 amide bonds. The summed E-state index contributed by atoms with van der Waals surface area (Å²) in [6, 6.07) is 19.8. The predicted molar refractivity (Wildman–Crippen MR) is 128 cm³/mol. The Morgan fingerprint density at radius 2 is 1.68 bits per heavy atom. The summed E-state index contributed by atoms with van der Waals surface area (Å²) in [5.74, 6) is 1.15. The summed E-state index contributed by atoms with van der Waals surface area (Å²) in [5, 5.41) is 2.88. The van der Waals surface area contributed by atoms with Crippen molar-refractivity contribution in [2.75, 3.05) is 31.2 Å². The van der Waals surface area contributed by atoms with Crippen molar-refractivity contribution < 1.29 is 27.4 Å². The van der Waals surface area contributed by atoms with Crippen molar-refractivity contribution >= 4 is 21.6 Å². The number of benzene rings is 3. The Balaban J connectivity index is 1.59. The lowest BCUT2D eigenvalue weighted by Gasteiger charge is -2.26. The molecule has 34 heavy (non-hydrogen) atoms. The van der Waals surface area contributed by atoms with Gasteiger partial charge in [-0.2, -0.15) is 0 Å². The third kappa shape index (κ3) is 4.94. The van der Waals surface area contributed by atoms with Gasteiger partial charge in [0.2, 0.25) is 5.91 Å². The van der Waals surface area contributed by atoms with Gasteiger partial charge in [0.05, 0.1) is 23.7 Å². The maximum absolute atomic E-state index is 13.5. The van der Waals surface area contributed by atoms with Crippen LogP contribution in [0.15, 0.2) is 77.7 Å². The second-order valence-corrected chi connectivity index (χ2v) is 9.55. The molecule has 3 aromatic rings. The smallest absolute Gasteiger partial charge is 0.264 e. The minimum Gasteiger partial charge on any atom is -0.495 e. The molecule has 0 aliphatic carbocycles. The predicted octanol–water partition coefficient (Wildman–Crippen LogP) is 3.54. The van der Waals surface area contributed by atoms with Crippen LogP contribution in [0.25, 0.3) is 0 Å². The van der Waals surface area contributed by atoms with E-state index < -0.39 is 22.5 Å². The number of carbonyl (C=O) groups excluding carboxylic acids is 1. The largest absolute Gasteiger partial charge is 0.495 e. The highest BCUT2D eigenvalue weighted by Gasteiger charge is 2.29. The van der Waals surface area contributed by atoms with E-state index in [9.17, 15) is 13.2 Å². The maximum Gasteiger partial charge on any atom is 0.264 e. The number of anilines is 1. The summed E-state index contributed by atoms with van der Waals surface area (Å²) >= 11 is 0. The van der Waals surface area contributed by atoms with E-state index in [4.69, 9.17) is 14.2 Å². The molecule has 0 saturated heterocycles. The van der Waals surface area contributed by atoms with Gasteiger partial charge in [-0.15, -0.1) is 0 Å². The first-order valence-electron chi connectivity index (χ1n) is 10.8. The van der Waals surface area contributed by atoms with Crippen LogP contribution in [0.5, 0.6) is 17.2 Å². The van der Waals surface area contributed by atoms with Crippen LogP contribution in [0.1, 0.15) is 18.5 Å². The van der Waals surface area contributed by atoms with Crippen molar-refractivity contribution in [3.63, 3.8) is 0 Å². The fourth-order valence-electron chi connectivity index (χ4n) is 3.69. The number of nitrogens with zero attached hydrogens (tertiary/aromatic N) is 1. The number of hydrogen-bond acceptors (Lipinski definition) is 6. The highest BCUT2D eigenvalue weighted by atomic mass is 32.2.